The van der Waals surface area contributed by atoms with Crippen LogP contribution in [0.1, 0.15) is 31.4 Å². The standard InChI is InChI=1S/C32H28N2O/c1-3-11-24-21-25(26-15-10-16-28-27-14-8-9-17-29(27)35-31(26)28)20-22(4-2)30(24)34-19-18-33-32(34)23-12-6-5-7-13-23/h5-10,12-21H,3-4,11H2,1-2H3. The average Bonchev–Trinajstić information content (AvgIpc) is 3.54. The molecule has 2 heterocycles. The molecule has 3 nitrogen and oxygen atoms in total. The molecule has 0 amide bonds. The van der Waals surface area contributed by atoms with Gasteiger partial charge in [-0.15, -0.1) is 0 Å². The fraction of sp³-hybridized carbons (Fsp3) is 0.156. The van der Waals surface area contributed by atoms with Gasteiger partial charge in [-0.25, -0.2) is 4.98 Å². The van der Waals surface area contributed by atoms with Crippen LogP contribution in [0.3, 0.4) is 0 Å². The fourth-order valence-corrected chi connectivity index (χ4v) is 5.21. The molecule has 0 fully saturated rings. The molecular formula is C32H28N2O. The van der Waals surface area contributed by atoms with E-state index >= 15 is 0 Å². The Hall–Kier alpha value is -4.11. The van der Waals surface area contributed by atoms with E-state index in [2.05, 4.69) is 91.3 Å². The van der Waals surface area contributed by atoms with Crippen LogP contribution in [0.25, 0.3) is 50.1 Å². The number of hydrogen-bond acceptors (Lipinski definition) is 2. The molecule has 6 rings (SSSR count). The van der Waals surface area contributed by atoms with Gasteiger partial charge in [0, 0.05) is 34.3 Å². The number of imidazole rings is 1. The van der Waals surface area contributed by atoms with Gasteiger partial charge in [-0.05, 0) is 47.7 Å². The second-order valence-corrected chi connectivity index (χ2v) is 9.01. The summed E-state index contributed by atoms with van der Waals surface area (Å²) in [5, 5.41) is 2.33. The van der Waals surface area contributed by atoms with Crippen molar-refractivity contribution in [1.82, 2.24) is 9.55 Å². The van der Waals surface area contributed by atoms with Crippen LogP contribution < -0.4 is 0 Å². The summed E-state index contributed by atoms with van der Waals surface area (Å²) < 4.78 is 8.64. The molecule has 172 valence electrons. The molecule has 0 radical (unpaired) electrons. The van der Waals surface area contributed by atoms with Crippen LogP contribution in [-0.4, -0.2) is 9.55 Å². The van der Waals surface area contributed by atoms with E-state index in [1.165, 1.54) is 27.8 Å². The van der Waals surface area contributed by atoms with Gasteiger partial charge in [0.25, 0.3) is 0 Å². The van der Waals surface area contributed by atoms with E-state index in [-0.39, 0.29) is 0 Å². The summed E-state index contributed by atoms with van der Waals surface area (Å²) in [6.07, 6.45) is 7.00. The Balaban J connectivity index is 1.58. The molecule has 0 aliphatic rings. The van der Waals surface area contributed by atoms with Gasteiger partial charge in [-0.2, -0.15) is 0 Å². The lowest BCUT2D eigenvalue weighted by Gasteiger charge is -2.19. The molecule has 0 atom stereocenters. The molecule has 0 N–H and O–H groups in total. The van der Waals surface area contributed by atoms with Crippen molar-refractivity contribution in [2.75, 3.05) is 0 Å². The van der Waals surface area contributed by atoms with Crippen molar-refractivity contribution in [3.8, 4) is 28.2 Å². The zero-order valence-corrected chi connectivity index (χ0v) is 20.2. The number of nitrogens with zero attached hydrogens (tertiary/aromatic N) is 2. The molecule has 4 aromatic carbocycles. The molecule has 35 heavy (non-hydrogen) atoms. The molecule has 0 saturated heterocycles. The molecule has 3 heteroatoms. The van der Waals surface area contributed by atoms with Crippen LogP contribution in [0.4, 0.5) is 0 Å². The summed E-state index contributed by atoms with van der Waals surface area (Å²) in [6.45, 7) is 4.48. The van der Waals surface area contributed by atoms with Crippen LogP contribution in [0.5, 0.6) is 0 Å². The summed E-state index contributed by atoms with van der Waals surface area (Å²) in [4.78, 5) is 4.73. The quantitative estimate of drug-likeness (QED) is 0.251. The number of benzene rings is 4. The Morgan fingerprint density at radius 2 is 1.54 bits per heavy atom. The van der Waals surface area contributed by atoms with E-state index in [0.29, 0.717) is 0 Å². The number of furan rings is 1. The Bertz CT molecular complexity index is 1640. The summed E-state index contributed by atoms with van der Waals surface area (Å²) >= 11 is 0. The highest BCUT2D eigenvalue weighted by Crippen LogP contribution is 2.38. The zero-order valence-electron chi connectivity index (χ0n) is 20.2. The Morgan fingerprint density at radius 3 is 2.37 bits per heavy atom. The van der Waals surface area contributed by atoms with Gasteiger partial charge in [-0.3, -0.25) is 4.57 Å². The highest BCUT2D eigenvalue weighted by molar-refractivity contribution is 6.09. The molecule has 0 spiro atoms. The van der Waals surface area contributed by atoms with Crippen molar-refractivity contribution in [3.05, 3.63) is 108 Å². The summed E-state index contributed by atoms with van der Waals surface area (Å²) in [5.41, 5.74) is 9.27. The Labute approximate surface area is 205 Å². The first-order chi connectivity index (χ1) is 17.3. The monoisotopic (exact) mass is 456 g/mol. The number of fused-ring (bicyclic) bond motifs is 3. The molecule has 0 unspecified atom stereocenters. The molecule has 6 aromatic rings. The van der Waals surface area contributed by atoms with Crippen molar-refractivity contribution in [3.63, 3.8) is 0 Å². The minimum atomic E-state index is 0.932. The topological polar surface area (TPSA) is 31.0 Å². The van der Waals surface area contributed by atoms with Gasteiger partial charge in [0.2, 0.25) is 0 Å². The summed E-state index contributed by atoms with van der Waals surface area (Å²) in [7, 11) is 0. The van der Waals surface area contributed by atoms with E-state index in [1.54, 1.807) is 0 Å². The zero-order chi connectivity index (χ0) is 23.8. The minimum absolute atomic E-state index is 0.932. The van der Waals surface area contributed by atoms with Crippen molar-refractivity contribution < 1.29 is 4.42 Å². The van der Waals surface area contributed by atoms with Gasteiger partial charge in [0.15, 0.2) is 0 Å². The number of aromatic nitrogens is 2. The first kappa shape index (κ1) is 21.4. The second-order valence-electron chi connectivity index (χ2n) is 9.01. The van der Waals surface area contributed by atoms with E-state index < -0.39 is 0 Å². The smallest absolute Gasteiger partial charge is 0.144 e. The van der Waals surface area contributed by atoms with E-state index in [4.69, 9.17) is 9.40 Å². The third kappa shape index (κ3) is 3.64. The predicted octanol–water partition coefficient (Wildman–Crippen LogP) is 8.62. The molecule has 2 aromatic heterocycles. The first-order valence-electron chi connectivity index (χ1n) is 12.4. The number of hydrogen-bond donors (Lipinski definition) is 0. The molecule has 0 aliphatic heterocycles. The van der Waals surface area contributed by atoms with Crippen LogP contribution in [0, 0.1) is 0 Å². The first-order valence-corrected chi connectivity index (χ1v) is 12.4. The van der Waals surface area contributed by atoms with Crippen molar-refractivity contribution in [1.29, 1.82) is 0 Å². The van der Waals surface area contributed by atoms with E-state index in [0.717, 1.165) is 52.8 Å². The third-order valence-electron chi connectivity index (χ3n) is 6.80. The highest BCUT2D eigenvalue weighted by atomic mass is 16.3. The maximum absolute atomic E-state index is 6.38. The van der Waals surface area contributed by atoms with Gasteiger partial charge >= 0.3 is 0 Å². The number of para-hydroxylation sites is 2. The summed E-state index contributed by atoms with van der Waals surface area (Å²) in [6, 6.07) is 29.9. The van der Waals surface area contributed by atoms with Gasteiger partial charge < -0.3 is 4.42 Å². The van der Waals surface area contributed by atoms with Crippen LogP contribution >= 0.6 is 0 Å². The van der Waals surface area contributed by atoms with Crippen LogP contribution in [0.15, 0.2) is 102 Å². The van der Waals surface area contributed by atoms with Gasteiger partial charge in [0.1, 0.15) is 17.0 Å². The molecule has 0 saturated carbocycles. The van der Waals surface area contributed by atoms with Crippen molar-refractivity contribution in [2.45, 2.75) is 33.1 Å². The van der Waals surface area contributed by atoms with Gasteiger partial charge in [-0.1, -0.05) is 87.0 Å². The number of rotatable bonds is 6. The highest BCUT2D eigenvalue weighted by Gasteiger charge is 2.18. The Morgan fingerprint density at radius 1 is 0.771 bits per heavy atom. The fourth-order valence-electron chi connectivity index (χ4n) is 5.21. The molecule has 0 aliphatic carbocycles. The molecular weight excluding hydrogens is 428 g/mol. The Kier molecular flexibility index (Phi) is 5.46. The van der Waals surface area contributed by atoms with E-state index in [9.17, 15) is 0 Å². The van der Waals surface area contributed by atoms with Crippen molar-refractivity contribution in [2.24, 2.45) is 0 Å². The third-order valence-corrected chi connectivity index (χ3v) is 6.80. The largest absolute Gasteiger partial charge is 0.455 e. The maximum Gasteiger partial charge on any atom is 0.144 e. The summed E-state index contributed by atoms with van der Waals surface area (Å²) in [5.74, 6) is 0.977. The SMILES string of the molecule is CCCc1cc(-c2cccc3c2oc2ccccc23)cc(CC)c1-n1ccnc1-c1ccccc1. The lowest BCUT2D eigenvalue weighted by atomic mass is 9.93. The van der Waals surface area contributed by atoms with Crippen molar-refractivity contribution >= 4 is 21.9 Å². The normalized spacial score (nSPS) is 11.5. The lowest BCUT2D eigenvalue weighted by molar-refractivity contribution is 0.670. The molecule has 0 bridgehead atoms. The average molecular weight is 457 g/mol. The number of aryl methyl sites for hydroxylation is 2. The van der Waals surface area contributed by atoms with Crippen LogP contribution in [-0.2, 0) is 12.8 Å². The minimum Gasteiger partial charge on any atom is -0.455 e. The maximum atomic E-state index is 6.38. The lowest BCUT2D eigenvalue weighted by Crippen LogP contribution is -2.06. The predicted molar refractivity (Wildman–Crippen MR) is 145 cm³/mol. The van der Waals surface area contributed by atoms with Crippen LogP contribution in [0.2, 0.25) is 0 Å². The van der Waals surface area contributed by atoms with Gasteiger partial charge in [0.05, 0.1) is 5.69 Å². The second kappa shape index (κ2) is 8.92. The van der Waals surface area contributed by atoms with E-state index in [1.807, 2.05) is 24.4 Å².